The maximum absolute atomic E-state index is 11.0. The van der Waals surface area contributed by atoms with Gasteiger partial charge in [-0.3, -0.25) is 4.79 Å². The summed E-state index contributed by atoms with van der Waals surface area (Å²) in [4.78, 5) is 13.3. The largest absolute Gasteiger partial charge is 0.370 e. The highest BCUT2D eigenvalue weighted by Crippen LogP contribution is 2.25. The van der Waals surface area contributed by atoms with E-state index in [-0.39, 0.29) is 0 Å². The van der Waals surface area contributed by atoms with Crippen LogP contribution < -0.4 is 4.90 Å². The number of benzene rings is 1. The summed E-state index contributed by atoms with van der Waals surface area (Å²) in [6.07, 6.45) is 2.06. The van der Waals surface area contributed by atoms with E-state index < -0.39 is 0 Å². The first-order valence-corrected chi connectivity index (χ1v) is 6.92. The lowest BCUT2D eigenvalue weighted by Gasteiger charge is -2.23. The predicted molar refractivity (Wildman–Crippen MR) is 71.0 cm³/mol. The van der Waals surface area contributed by atoms with Crippen molar-refractivity contribution in [1.82, 2.24) is 0 Å². The summed E-state index contributed by atoms with van der Waals surface area (Å²) in [6, 6.07) is 5.53. The predicted octanol–water partition coefficient (Wildman–Crippen LogP) is 3.10. The molecule has 0 saturated carbocycles. The summed E-state index contributed by atoms with van der Waals surface area (Å²) >= 11 is 7.86. The maximum Gasteiger partial charge on any atom is 0.152 e. The molecule has 16 heavy (non-hydrogen) atoms. The summed E-state index contributed by atoms with van der Waals surface area (Å²) in [5.41, 5.74) is 1.71. The summed E-state index contributed by atoms with van der Waals surface area (Å²) in [5.74, 6) is 2.33. The van der Waals surface area contributed by atoms with Gasteiger partial charge in [-0.25, -0.2) is 0 Å². The van der Waals surface area contributed by atoms with Crippen molar-refractivity contribution in [2.24, 2.45) is 0 Å². The van der Waals surface area contributed by atoms with Gasteiger partial charge in [-0.1, -0.05) is 11.6 Å². The van der Waals surface area contributed by atoms with Gasteiger partial charge in [0, 0.05) is 35.1 Å². The van der Waals surface area contributed by atoms with Crippen LogP contribution in [0.4, 0.5) is 5.69 Å². The Kier molecular flexibility index (Phi) is 4.13. The van der Waals surface area contributed by atoms with E-state index in [0.717, 1.165) is 30.8 Å². The highest BCUT2D eigenvalue weighted by Gasteiger charge is 2.13. The number of carbonyl (C=O) groups is 1. The second kappa shape index (κ2) is 5.60. The molecular formula is C12H14ClNOS. The summed E-state index contributed by atoms with van der Waals surface area (Å²) in [5, 5.41) is 0.620. The van der Waals surface area contributed by atoms with Gasteiger partial charge in [0.15, 0.2) is 6.29 Å². The first kappa shape index (κ1) is 11.8. The Labute approximate surface area is 105 Å². The number of rotatable bonds is 2. The molecule has 1 aliphatic heterocycles. The molecule has 0 radical (unpaired) electrons. The molecule has 1 aliphatic rings. The van der Waals surface area contributed by atoms with Gasteiger partial charge < -0.3 is 4.90 Å². The average Bonchev–Trinajstić information content (AvgIpc) is 2.57. The van der Waals surface area contributed by atoms with Crippen molar-refractivity contribution in [3.8, 4) is 0 Å². The Morgan fingerprint density at radius 2 is 2.19 bits per heavy atom. The highest BCUT2D eigenvalue weighted by molar-refractivity contribution is 7.99. The van der Waals surface area contributed by atoms with Crippen molar-refractivity contribution in [2.45, 2.75) is 6.42 Å². The number of anilines is 1. The fraction of sp³-hybridized carbons (Fsp3) is 0.417. The smallest absolute Gasteiger partial charge is 0.152 e. The van der Waals surface area contributed by atoms with Gasteiger partial charge in [-0.15, -0.1) is 0 Å². The van der Waals surface area contributed by atoms with E-state index in [9.17, 15) is 4.79 Å². The van der Waals surface area contributed by atoms with Crippen molar-refractivity contribution in [3.63, 3.8) is 0 Å². The molecule has 4 heteroatoms. The molecule has 0 spiro atoms. The number of hydrogen-bond acceptors (Lipinski definition) is 3. The lowest BCUT2D eigenvalue weighted by Crippen LogP contribution is -2.26. The minimum Gasteiger partial charge on any atom is -0.370 e. The van der Waals surface area contributed by atoms with Gasteiger partial charge in [0.1, 0.15) is 0 Å². The molecule has 2 rings (SSSR count). The van der Waals surface area contributed by atoms with Crippen LogP contribution in [0.15, 0.2) is 18.2 Å². The van der Waals surface area contributed by atoms with E-state index in [1.165, 1.54) is 12.2 Å². The van der Waals surface area contributed by atoms with E-state index in [4.69, 9.17) is 11.6 Å². The number of hydrogen-bond donors (Lipinski definition) is 0. The van der Waals surface area contributed by atoms with Gasteiger partial charge in [-0.2, -0.15) is 11.8 Å². The maximum atomic E-state index is 11.0. The van der Waals surface area contributed by atoms with Crippen molar-refractivity contribution in [3.05, 3.63) is 28.8 Å². The van der Waals surface area contributed by atoms with Crippen LogP contribution in [0.2, 0.25) is 5.02 Å². The Morgan fingerprint density at radius 3 is 3.00 bits per heavy atom. The zero-order valence-electron chi connectivity index (χ0n) is 8.99. The SMILES string of the molecule is O=Cc1cc(Cl)ccc1N1CCCSCC1. The first-order valence-electron chi connectivity index (χ1n) is 5.38. The molecule has 1 aromatic carbocycles. The zero-order chi connectivity index (χ0) is 11.4. The molecule has 0 bridgehead atoms. The number of aldehydes is 1. The van der Waals surface area contributed by atoms with Crippen molar-refractivity contribution in [2.75, 3.05) is 29.5 Å². The van der Waals surface area contributed by atoms with Gasteiger partial charge in [0.05, 0.1) is 0 Å². The Bertz CT molecular complexity index is 375. The van der Waals surface area contributed by atoms with Crippen molar-refractivity contribution in [1.29, 1.82) is 0 Å². The number of carbonyl (C=O) groups excluding carboxylic acids is 1. The number of nitrogens with zero attached hydrogens (tertiary/aromatic N) is 1. The molecule has 86 valence electrons. The molecule has 1 aromatic rings. The molecule has 1 fully saturated rings. The quantitative estimate of drug-likeness (QED) is 0.758. The lowest BCUT2D eigenvalue weighted by molar-refractivity contribution is 0.112. The van der Waals surface area contributed by atoms with Crippen LogP contribution in [0, 0.1) is 0 Å². The average molecular weight is 256 g/mol. The van der Waals surface area contributed by atoms with Gasteiger partial charge in [-0.05, 0) is 30.4 Å². The highest BCUT2D eigenvalue weighted by atomic mass is 35.5. The van der Waals surface area contributed by atoms with Crippen LogP contribution in [-0.2, 0) is 0 Å². The molecule has 0 amide bonds. The number of halogens is 1. The fourth-order valence-corrected chi connectivity index (χ4v) is 2.96. The first-order chi connectivity index (χ1) is 7.81. The lowest BCUT2D eigenvalue weighted by atomic mass is 10.1. The van der Waals surface area contributed by atoms with Gasteiger partial charge in [0.25, 0.3) is 0 Å². The third-order valence-corrected chi connectivity index (χ3v) is 3.96. The minimum absolute atomic E-state index is 0.620. The molecule has 0 N–H and O–H groups in total. The summed E-state index contributed by atoms with van der Waals surface area (Å²) in [6.45, 7) is 2.03. The molecule has 0 unspecified atom stereocenters. The number of thioether (sulfide) groups is 1. The third-order valence-electron chi connectivity index (χ3n) is 2.68. The molecule has 0 aromatic heterocycles. The standard InChI is InChI=1S/C12H14ClNOS/c13-11-2-3-12(10(8-11)9-15)14-4-1-6-16-7-5-14/h2-3,8-9H,1,4-7H2. The molecule has 2 nitrogen and oxygen atoms in total. The summed E-state index contributed by atoms with van der Waals surface area (Å²) < 4.78 is 0. The van der Waals surface area contributed by atoms with E-state index >= 15 is 0 Å². The van der Waals surface area contributed by atoms with Crippen LogP contribution in [0.5, 0.6) is 0 Å². The normalized spacial score (nSPS) is 16.9. The van der Waals surface area contributed by atoms with E-state index in [0.29, 0.717) is 10.6 Å². The molecule has 0 aliphatic carbocycles. The van der Waals surface area contributed by atoms with E-state index in [1.54, 1.807) is 6.07 Å². The van der Waals surface area contributed by atoms with Crippen LogP contribution in [0.3, 0.4) is 0 Å². The molecule has 0 atom stereocenters. The van der Waals surface area contributed by atoms with Crippen LogP contribution in [0.25, 0.3) is 0 Å². The van der Waals surface area contributed by atoms with E-state index in [1.807, 2.05) is 23.9 Å². The topological polar surface area (TPSA) is 20.3 Å². The second-order valence-corrected chi connectivity index (χ2v) is 5.44. The zero-order valence-corrected chi connectivity index (χ0v) is 10.6. The van der Waals surface area contributed by atoms with Crippen LogP contribution in [0.1, 0.15) is 16.8 Å². The monoisotopic (exact) mass is 255 g/mol. The molecular weight excluding hydrogens is 242 g/mol. The van der Waals surface area contributed by atoms with Crippen LogP contribution in [-0.4, -0.2) is 30.9 Å². The summed E-state index contributed by atoms with van der Waals surface area (Å²) in [7, 11) is 0. The van der Waals surface area contributed by atoms with Gasteiger partial charge >= 0.3 is 0 Å². The fourth-order valence-electron chi connectivity index (χ4n) is 1.89. The Hall–Kier alpha value is -0.670. The van der Waals surface area contributed by atoms with Crippen molar-refractivity contribution >= 4 is 35.3 Å². The Morgan fingerprint density at radius 1 is 1.31 bits per heavy atom. The van der Waals surface area contributed by atoms with E-state index in [2.05, 4.69) is 4.90 Å². The van der Waals surface area contributed by atoms with Gasteiger partial charge in [0.2, 0.25) is 0 Å². The molecule has 1 heterocycles. The van der Waals surface area contributed by atoms with Crippen molar-refractivity contribution < 1.29 is 4.79 Å². The third kappa shape index (κ3) is 2.71. The second-order valence-electron chi connectivity index (χ2n) is 3.77. The van der Waals surface area contributed by atoms with Crippen LogP contribution >= 0.6 is 23.4 Å². The molecule has 1 saturated heterocycles. The minimum atomic E-state index is 0.620. The Balaban J connectivity index is 2.26.